The summed E-state index contributed by atoms with van der Waals surface area (Å²) < 4.78 is 7.37. The summed E-state index contributed by atoms with van der Waals surface area (Å²) in [6, 6.07) is 1.17. The summed E-state index contributed by atoms with van der Waals surface area (Å²) in [4.78, 5) is 0. The molecule has 5 heteroatoms. The van der Waals surface area contributed by atoms with E-state index in [2.05, 4.69) is 32.0 Å². The van der Waals surface area contributed by atoms with Gasteiger partial charge >= 0.3 is 0 Å². The lowest BCUT2D eigenvalue weighted by Gasteiger charge is -2.27. The SMILES string of the molecule is COPSSN(C(C)C)C(C)C. The van der Waals surface area contributed by atoms with Crippen molar-refractivity contribution in [2.45, 2.75) is 39.8 Å². The van der Waals surface area contributed by atoms with E-state index in [1.165, 1.54) is 0 Å². The maximum Gasteiger partial charge on any atom is 0.0863 e. The second-order valence-electron chi connectivity index (χ2n) is 2.99. The molecule has 0 rings (SSSR count). The van der Waals surface area contributed by atoms with Crippen LogP contribution in [0.5, 0.6) is 0 Å². The fourth-order valence-corrected chi connectivity index (χ4v) is 4.64. The minimum Gasteiger partial charge on any atom is -0.354 e. The number of nitrogens with zero attached hydrogens (tertiary/aromatic N) is 1. The van der Waals surface area contributed by atoms with Crippen molar-refractivity contribution < 1.29 is 4.52 Å². The molecular weight excluding hydrogens is 209 g/mol. The fraction of sp³-hybridized carbons (Fsp3) is 1.00. The van der Waals surface area contributed by atoms with Crippen molar-refractivity contribution in [2.24, 2.45) is 0 Å². The van der Waals surface area contributed by atoms with Gasteiger partial charge in [-0.1, -0.05) is 0 Å². The standard InChI is InChI=1S/C7H18NOPS2/c1-6(2)8(7(3)4)11-12-10-9-5/h6-7,10H,1-5H3. The third-order valence-electron chi connectivity index (χ3n) is 1.26. The summed E-state index contributed by atoms with van der Waals surface area (Å²) >= 11 is 0. The van der Waals surface area contributed by atoms with Crippen LogP contribution in [0.4, 0.5) is 0 Å². The van der Waals surface area contributed by atoms with Gasteiger partial charge in [0.05, 0.1) is 8.01 Å². The molecule has 0 fully saturated rings. The quantitative estimate of drug-likeness (QED) is 0.297. The summed E-state index contributed by atoms with van der Waals surface area (Å²) in [7, 11) is 5.83. The lowest BCUT2D eigenvalue weighted by Crippen LogP contribution is -2.29. The molecule has 0 aromatic heterocycles. The van der Waals surface area contributed by atoms with Gasteiger partial charge in [0, 0.05) is 19.2 Å². The molecule has 0 saturated heterocycles. The van der Waals surface area contributed by atoms with Crippen LogP contribution in [0.1, 0.15) is 27.7 Å². The minimum absolute atomic E-state index is 0.531. The van der Waals surface area contributed by atoms with Gasteiger partial charge in [0.25, 0.3) is 0 Å². The summed E-state index contributed by atoms with van der Waals surface area (Å²) in [5.41, 5.74) is 0. The molecule has 0 bridgehead atoms. The number of hydrogen-bond acceptors (Lipinski definition) is 4. The van der Waals surface area contributed by atoms with Crippen molar-refractivity contribution in [1.82, 2.24) is 4.31 Å². The molecule has 0 N–H and O–H groups in total. The van der Waals surface area contributed by atoms with Crippen LogP contribution in [0.15, 0.2) is 0 Å². The number of hydrogen-bond donors (Lipinski definition) is 0. The predicted octanol–water partition coefficient (Wildman–Crippen LogP) is 3.56. The van der Waals surface area contributed by atoms with Crippen molar-refractivity contribution in [3.8, 4) is 0 Å². The van der Waals surface area contributed by atoms with Crippen molar-refractivity contribution in [1.29, 1.82) is 0 Å². The van der Waals surface area contributed by atoms with E-state index in [1.54, 1.807) is 28.5 Å². The smallest absolute Gasteiger partial charge is 0.0863 e. The highest BCUT2D eigenvalue weighted by atomic mass is 33.3. The first kappa shape index (κ1) is 13.1. The Bertz CT molecular complexity index is 106. The lowest BCUT2D eigenvalue weighted by atomic mass is 10.3. The predicted molar refractivity (Wildman–Crippen MR) is 62.6 cm³/mol. The second-order valence-corrected chi connectivity index (χ2v) is 7.25. The third kappa shape index (κ3) is 5.65. The lowest BCUT2D eigenvalue weighted by molar-refractivity contribution is 0.339. The van der Waals surface area contributed by atoms with E-state index in [9.17, 15) is 0 Å². The van der Waals surface area contributed by atoms with Crippen molar-refractivity contribution >= 4 is 29.4 Å². The molecule has 0 heterocycles. The molecule has 12 heavy (non-hydrogen) atoms. The van der Waals surface area contributed by atoms with Crippen LogP contribution < -0.4 is 0 Å². The van der Waals surface area contributed by atoms with Crippen LogP contribution in [0, 0.1) is 0 Å². The van der Waals surface area contributed by atoms with Gasteiger partial charge in [-0.15, -0.1) is 0 Å². The van der Waals surface area contributed by atoms with Gasteiger partial charge in [-0.25, -0.2) is 4.31 Å². The van der Waals surface area contributed by atoms with Gasteiger partial charge < -0.3 is 4.52 Å². The molecule has 1 unspecified atom stereocenters. The molecule has 0 saturated carbocycles. The molecule has 0 aliphatic carbocycles. The van der Waals surface area contributed by atoms with E-state index in [4.69, 9.17) is 4.52 Å². The molecular formula is C7H18NOPS2. The van der Waals surface area contributed by atoms with Gasteiger partial charge in [0.1, 0.15) is 0 Å². The highest BCUT2D eigenvalue weighted by molar-refractivity contribution is 8.95. The molecule has 0 aliphatic rings. The Morgan fingerprint density at radius 2 is 1.67 bits per heavy atom. The van der Waals surface area contributed by atoms with Crippen molar-refractivity contribution in [2.75, 3.05) is 7.11 Å². The van der Waals surface area contributed by atoms with E-state index in [-0.39, 0.29) is 0 Å². The molecule has 0 aliphatic heterocycles. The van der Waals surface area contributed by atoms with Gasteiger partial charge in [-0.2, -0.15) is 0 Å². The summed E-state index contributed by atoms with van der Waals surface area (Å²) in [5.74, 6) is 0. The van der Waals surface area contributed by atoms with Gasteiger partial charge in [0.15, 0.2) is 0 Å². The normalized spacial score (nSPS) is 13.0. The topological polar surface area (TPSA) is 12.5 Å². The van der Waals surface area contributed by atoms with Crippen LogP contribution in [0.3, 0.4) is 0 Å². The molecule has 0 radical (unpaired) electrons. The molecule has 2 nitrogen and oxygen atoms in total. The molecule has 1 atom stereocenters. The van der Waals surface area contributed by atoms with E-state index >= 15 is 0 Å². The van der Waals surface area contributed by atoms with E-state index in [0.29, 0.717) is 20.1 Å². The summed E-state index contributed by atoms with van der Waals surface area (Å²) in [6.07, 6.45) is 0. The number of rotatable bonds is 6. The highest BCUT2D eigenvalue weighted by Crippen LogP contribution is 2.43. The Morgan fingerprint density at radius 3 is 2.00 bits per heavy atom. The first-order chi connectivity index (χ1) is 5.59. The van der Waals surface area contributed by atoms with Gasteiger partial charge in [-0.3, -0.25) is 0 Å². The van der Waals surface area contributed by atoms with Crippen LogP contribution in [0.2, 0.25) is 0 Å². The zero-order valence-corrected chi connectivity index (χ0v) is 11.0. The van der Waals surface area contributed by atoms with Gasteiger partial charge in [-0.05, 0) is 49.1 Å². The average molecular weight is 227 g/mol. The van der Waals surface area contributed by atoms with E-state index in [1.807, 2.05) is 0 Å². The molecule has 0 spiro atoms. The summed E-state index contributed by atoms with van der Waals surface area (Å²) in [5, 5.41) is 0. The van der Waals surface area contributed by atoms with E-state index < -0.39 is 0 Å². The first-order valence-corrected chi connectivity index (χ1v) is 7.73. The Labute approximate surface area is 85.3 Å². The van der Waals surface area contributed by atoms with Crippen molar-refractivity contribution in [3.63, 3.8) is 0 Å². The van der Waals surface area contributed by atoms with Crippen LogP contribution >= 0.6 is 29.4 Å². The highest BCUT2D eigenvalue weighted by Gasteiger charge is 2.13. The molecule has 74 valence electrons. The third-order valence-corrected chi connectivity index (χ3v) is 5.31. The Balaban J connectivity index is 3.64. The second kappa shape index (κ2) is 7.45. The molecule has 0 aromatic carbocycles. The molecule has 0 amide bonds. The van der Waals surface area contributed by atoms with Crippen molar-refractivity contribution in [3.05, 3.63) is 0 Å². The monoisotopic (exact) mass is 227 g/mol. The Morgan fingerprint density at radius 1 is 1.17 bits per heavy atom. The van der Waals surface area contributed by atoms with Crippen LogP contribution in [0.25, 0.3) is 0 Å². The van der Waals surface area contributed by atoms with Crippen LogP contribution in [-0.2, 0) is 4.52 Å². The zero-order chi connectivity index (χ0) is 9.56. The average Bonchev–Trinajstić information content (AvgIpc) is 1.96. The molecule has 0 aromatic rings. The van der Waals surface area contributed by atoms with Gasteiger partial charge in [0.2, 0.25) is 0 Å². The largest absolute Gasteiger partial charge is 0.354 e. The first-order valence-electron chi connectivity index (χ1n) is 3.99. The Hall–Kier alpha value is 1.05. The maximum absolute atomic E-state index is 4.99. The minimum atomic E-state index is 0.531. The summed E-state index contributed by atoms with van der Waals surface area (Å²) in [6.45, 7) is 8.85. The van der Waals surface area contributed by atoms with E-state index in [0.717, 1.165) is 0 Å². The Kier molecular flexibility index (Phi) is 8.11. The fourth-order valence-electron chi connectivity index (χ4n) is 0.861. The maximum atomic E-state index is 4.99. The zero-order valence-electron chi connectivity index (χ0n) is 8.33. The van der Waals surface area contributed by atoms with Crippen LogP contribution in [-0.4, -0.2) is 23.5 Å².